The Labute approximate surface area is 122 Å². The molecule has 2 rings (SSSR count). The molecule has 3 N–H and O–H groups in total. The highest BCUT2D eigenvalue weighted by atomic mass is 79.9. The van der Waals surface area contributed by atoms with Crippen LogP contribution in [0.15, 0.2) is 34.1 Å². The standard InChI is InChI=1S/C12H11BrN2O3S/c13-8-3-1-7(2-4-8)10-6-19-12(15-10)14-9(5-16)11(17)18/h1-4,6,9,16H,5H2,(H,14,15)(H,17,18). The van der Waals surface area contributed by atoms with E-state index in [1.807, 2.05) is 29.6 Å². The van der Waals surface area contributed by atoms with Crippen LogP contribution in [-0.2, 0) is 4.79 Å². The number of halogens is 1. The summed E-state index contributed by atoms with van der Waals surface area (Å²) in [4.78, 5) is 15.1. The number of anilines is 1. The summed E-state index contributed by atoms with van der Waals surface area (Å²) in [6.07, 6.45) is 0. The van der Waals surface area contributed by atoms with Gasteiger partial charge in [0, 0.05) is 15.4 Å². The fourth-order valence-electron chi connectivity index (χ4n) is 1.43. The van der Waals surface area contributed by atoms with Gasteiger partial charge >= 0.3 is 5.97 Å². The fraction of sp³-hybridized carbons (Fsp3) is 0.167. The molecule has 0 saturated heterocycles. The van der Waals surface area contributed by atoms with Crippen molar-refractivity contribution in [1.82, 2.24) is 4.98 Å². The van der Waals surface area contributed by atoms with Crippen LogP contribution < -0.4 is 5.32 Å². The first-order chi connectivity index (χ1) is 9.10. The molecule has 0 aliphatic heterocycles. The monoisotopic (exact) mass is 342 g/mol. The number of nitrogens with one attached hydrogen (secondary N) is 1. The average Bonchev–Trinajstić information content (AvgIpc) is 2.85. The SMILES string of the molecule is O=C(O)C(CO)Nc1nc(-c2ccc(Br)cc2)cs1. The zero-order chi connectivity index (χ0) is 13.8. The van der Waals surface area contributed by atoms with Gasteiger partial charge in [0.05, 0.1) is 12.3 Å². The van der Waals surface area contributed by atoms with Crippen molar-refractivity contribution in [2.45, 2.75) is 6.04 Å². The molecule has 5 nitrogen and oxygen atoms in total. The number of aromatic nitrogens is 1. The Morgan fingerprint density at radius 2 is 2.11 bits per heavy atom. The Kier molecular flexibility index (Phi) is 4.52. The third-order valence-electron chi connectivity index (χ3n) is 2.42. The van der Waals surface area contributed by atoms with Crippen LogP contribution in [0.25, 0.3) is 11.3 Å². The Bertz CT molecular complexity index is 571. The number of thiazole rings is 1. The first-order valence-electron chi connectivity index (χ1n) is 5.42. The van der Waals surface area contributed by atoms with Crippen LogP contribution in [0, 0.1) is 0 Å². The van der Waals surface area contributed by atoms with E-state index in [1.165, 1.54) is 11.3 Å². The lowest BCUT2D eigenvalue weighted by molar-refractivity contribution is -0.138. The third kappa shape index (κ3) is 3.52. The number of carbonyl (C=O) groups is 1. The zero-order valence-electron chi connectivity index (χ0n) is 9.71. The first-order valence-corrected chi connectivity index (χ1v) is 7.09. The Morgan fingerprint density at radius 1 is 1.42 bits per heavy atom. The molecule has 1 aromatic heterocycles. The quantitative estimate of drug-likeness (QED) is 0.777. The lowest BCUT2D eigenvalue weighted by Crippen LogP contribution is -2.32. The van der Waals surface area contributed by atoms with Gasteiger partial charge in [0.15, 0.2) is 5.13 Å². The number of hydrogen-bond acceptors (Lipinski definition) is 5. The van der Waals surface area contributed by atoms with Crippen LogP contribution in [0.4, 0.5) is 5.13 Å². The van der Waals surface area contributed by atoms with E-state index in [0.29, 0.717) is 5.13 Å². The Morgan fingerprint density at radius 3 is 2.68 bits per heavy atom. The van der Waals surface area contributed by atoms with Crippen molar-refractivity contribution in [3.63, 3.8) is 0 Å². The Balaban J connectivity index is 2.15. The van der Waals surface area contributed by atoms with Gasteiger partial charge in [-0.05, 0) is 12.1 Å². The highest BCUT2D eigenvalue weighted by Crippen LogP contribution is 2.26. The number of carboxylic acids is 1. The minimum Gasteiger partial charge on any atom is -0.480 e. The lowest BCUT2D eigenvalue weighted by atomic mass is 10.2. The predicted octanol–water partition coefficient (Wildman–Crippen LogP) is 2.43. The molecule has 19 heavy (non-hydrogen) atoms. The van der Waals surface area contributed by atoms with Gasteiger partial charge < -0.3 is 15.5 Å². The van der Waals surface area contributed by atoms with Crippen LogP contribution >= 0.6 is 27.3 Å². The average molecular weight is 343 g/mol. The highest BCUT2D eigenvalue weighted by molar-refractivity contribution is 9.10. The smallest absolute Gasteiger partial charge is 0.328 e. The van der Waals surface area contributed by atoms with Crippen LogP contribution in [0.1, 0.15) is 0 Å². The molecule has 1 unspecified atom stereocenters. The number of aliphatic hydroxyl groups excluding tert-OH is 1. The van der Waals surface area contributed by atoms with Gasteiger partial charge in [-0.3, -0.25) is 0 Å². The van der Waals surface area contributed by atoms with E-state index in [1.54, 1.807) is 0 Å². The van der Waals surface area contributed by atoms with Gasteiger partial charge in [-0.1, -0.05) is 28.1 Å². The van der Waals surface area contributed by atoms with E-state index < -0.39 is 18.6 Å². The maximum absolute atomic E-state index is 10.8. The summed E-state index contributed by atoms with van der Waals surface area (Å²) in [5, 5.41) is 22.8. The van der Waals surface area contributed by atoms with Gasteiger partial charge in [0.25, 0.3) is 0 Å². The van der Waals surface area contributed by atoms with Gasteiger partial charge in [-0.2, -0.15) is 0 Å². The number of aliphatic hydroxyl groups is 1. The molecule has 0 aliphatic rings. The van der Waals surface area contributed by atoms with Gasteiger partial charge in [-0.25, -0.2) is 9.78 Å². The zero-order valence-corrected chi connectivity index (χ0v) is 12.1. The highest BCUT2D eigenvalue weighted by Gasteiger charge is 2.17. The maximum Gasteiger partial charge on any atom is 0.328 e. The molecule has 0 bridgehead atoms. The summed E-state index contributed by atoms with van der Waals surface area (Å²) < 4.78 is 0.982. The van der Waals surface area contributed by atoms with E-state index in [0.717, 1.165) is 15.7 Å². The van der Waals surface area contributed by atoms with Crippen LogP contribution in [0.3, 0.4) is 0 Å². The maximum atomic E-state index is 10.8. The molecule has 0 saturated carbocycles. The molecular weight excluding hydrogens is 332 g/mol. The molecule has 0 amide bonds. The second kappa shape index (κ2) is 6.14. The lowest BCUT2D eigenvalue weighted by Gasteiger charge is -2.09. The summed E-state index contributed by atoms with van der Waals surface area (Å²) in [5.41, 5.74) is 1.71. The Hall–Kier alpha value is -1.44. The van der Waals surface area contributed by atoms with Crippen LogP contribution in [0.2, 0.25) is 0 Å². The van der Waals surface area contributed by atoms with Crippen molar-refractivity contribution in [3.05, 3.63) is 34.1 Å². The number of carboxylic acid groups (broad SMARTS) is 1. The van der Waals surface area contributed by atoms with E-state index in [9.17, 15) is 4.79 Å². The molecule has 0 spiro atoms. The first kappa shape index (κ1) is 14.0. The molecule has 0 fully saturated rings. The van der Waals surface area contributed by atoms with E-state index >= 15 is 0 Å². The molecule has 7 heteroatoms. The van der Waals surface area contributed by atoms with Crippen molar-refractivity contribution < 1.29 is 15.0 Å². The topological polar surface area (TPSA) is 82.5 Å². The van der Waals surface area contributed by atoms with Gasteiger partial charge in [0.1, 0.15) is 6.04 Å². The second-order valence-corrected chi connectivity index (χ2v) is 5.54. The number of rotatable bonds is 5. The summed E-state index contributed by atoms with van der Waals surface area (Å²) in [5.74, 6) is -1.11. The van der Waals surface area contributed by atoms with Crippen molar-refractivity contribution >= 4 is 38.4 Å². The normalized spacial score (nSPS) is 12.1. The molecule has 1 atom stereocenters. The second-order valence-electron chi connectivity index (χ2n) is 3.76. The summed E-state index contributed by atoms with van der Waals surface area (Å²) >= 11 is 4.66. The number of benzene rings is 1. The van der Waals surface area contributed by atoms with Crippen LogP contribution in [-0.4, -0.2) is 33.8 Å². The molecule has 1 heterocycles. The molecule has 0 radical (unpaired) electrons. The van der Waals surface area contributed by atoms with Gasteiger partial charge in [0.2, 0.25) is 0 Å². The summed E-state index contributed by atoms with van der Waals surface area (Å²) in [7, 11) is 0. The number of hydrogen-bond donors (Lipinski definition) is 3. The minimum atomic E-state index is -1.11. The largest absolute Gasteiger partial charge is 0.480 e. The number of aliphatic carboxylic acids is 1. The van der Waals surface area contributed by atoms with E-state index in [4.69, 9.17) is 10.2 Å². The molecule has 2 aromatic rings. The van der Waals surface area contributed by atoms with Crippen molar-refractivity contribution in [2.75, 3.05) is 11.9 Å². The molecule has 1 aromatic carbocycles. The minimum absolute atomic E-state index is 0.472. The molecular formula is C12H11BrN2O3S. The van der Waals surface area contributed by atoms with Crippen molar-refractivity contribution in [1.29, 1.82) is 0 Å². The summed E-state index contributed by atoms with van der Waals surface area (Å²) in [6, 6.07) is 6.63. The molecule has 100 valence electrons. The van der Waals surface area contributed by atoms with Crippen molar-refractivity contribution in [2.24, 2.45) is 0 Å². The van der Waals surface area contributed by atoms with Crippen LogP contribution in [0.5, 0.6) is 0 Å². The van der Waals surface area contributed by atoms with Gasteiger partial charge in [-0.15, -0.1) is 11.3 Å². The summed E-state index contributed by atoms with van der Waals surface area (Å²) in [6.45, 7) is -0.484. The fourth-order valence-corrected chi connectivity index (χ4v) is 2.47. The number of nitrogens with zero attached hydrogens (tertiary/aromatic N) is 1. The predicted molar refractivity (Wildman–Crippen MR) is 77.4 cm³/mol. The third-order valence-corrected chi connectivity index (χ3v) is 3.72. The van der Waals surface area contributed by atoms with E-state index in [2.05, 4.69) is 26.2 Å². The van der Waals surface area contributed by atoms with Crippen molar-refractivity contribution in [3.8, 4) is 11.3 Å². The van der Waals surface area contributed by atoms with E-state index in [-0.39, 0.29) is 0 Å². The molecule has 0 aliphatic carbocycles.